The van der Waals surface area contributed by atoms with Crippen LogP contribution in [-0.4, -0.2) is 45.4 Å². The minimum Gasteiger partial charge on any atom is -0.467 e. The molecule has 1 unspecified atom stereocenters. The Morgan fingerprint density at radius 3 is 2.31 bits per heavy atom. The number of nitrogens with one attached hydrogen (secondary N) is 2. The molecule has 0 aliphatic rings. The van der Waals surface area contributed by atoms with Crippen molar-refractivity contribution in [1.29, 1.82) is 0 Å². The molecule has 0 aromatic heterocycles. The van der Waals surface area contributed by atoms with Gasteiger partial charge in [0, 0.05) is 13.7 Å². The second-order valence-corrected chi connectivity index (χ2v) is 3.64. The van der Waals surface area contributed by atoms with E-state index in [2.05, 4.69) is 15.4 Å². The van der Waals surface area contributed by atoms with Crippen LogP contribution in [0.2, 0.25) is 0 Å². The van der Waals surface area contributed by atoms with E-state index in [9.17, 15) is 9.59 Å². The highest BCUT2D eigenvalue weighted by molar-refractivity contribution is 5.83. The van der Waals surface area contributed by atoms with E-state index >= 15 is 0 Å². The normalized spacial score (nSPS) is 12.1. The van der Waals surface area contributed by atoms with Gasteiger partial charge in [0.25, 0.3) is 0 Å². The van der Waals surface area contributed by atoms with Gasteiger partial charge >= 0.3 is 12.0 Å². The number of amides is 2. The minimum atomic E-state index is -0.632. The number of methoxy groups -OCH3 is 2. The van der Waals surface area contributed by atoms with Crippen molar-refractivity contribution in [3.8, 4) is 0 Å². The molecule has 0 saturated heterocycles. The summed E-state index contributed by atoms with van der Waals surface area (Å²) in [4.78, 5) is 22.7. The molecule has 0 aliphatic carbocycles. The monoisotopic (exact) mass is 232 g/mol. The van der Waals surface area contributed by atoms with Crippen LogP contribution in [0.1, 0.15) is 13.8 Å². The summed E-state index contributed by atoms with van der Waals surface area (Å²) in [5.41, 5.74) is 0. The van der Waals surface area contributed by atoms with Crippen LogP contribution in [0.4, 0.5) is 4.79 Å². The van der Waals surface area contributed by atoms with E-state index in [1.165, 1.54) is 7.11 Å². The number of urea groups is 1. The molecular formula is C10H20N2O4. The molecule has 16 heavy (non-hydrogen) atoms. The Balaban J connectivity index is 4.09. The van der Waals surface area contributed by atoms with Gasteiger partial charge in [-0.05, 0) is 5.92 Å². The molecule has 0 radical (unpaired) electrons. The van der Waals surface area contributed by atoms with Gasteiger partial charge in [-0.3, -0.25) is 0 Å². The summed E-state index contributed by atoms with van der Waals surface area (Å²) in [6.45, 7) is 4.49. The summed E-state index contributed by atoms with van der Waals surface area (Å²) >= 11 is 0. The smallest absolute Gasteiger partial charge is 0.328 e. The Morgan fingerprint density at radius 1 is 1.25 bits per heavy atom. The molecule has 6 heteroatoms. The van der Waals surface area contributed by atoms with Crippen molar-refractivity contribution in [3.05, 3.63) is 0 Å². The highest BCUT2D eigenvalue weighted by Crippen LogP contribution is 2.02. The zero-order chi connectivity index (χ0) is 12.6. The summed E-state index contributed by atoms with van der Waals surface area (Å²) in [6, 6.07) is -1.03. The van der Waals surface area contributed by atoms with Gasteiger partial charge < -0.3 is 20.1 Å². The van der Waals surface area contributed by atoms with Crippen LogP contribution in [0.5, 0.6) is 0 Å². The maximum Gasteiger partial charge on any atom is 0.328 e. The lowest BCUT2D eigenvalue weighted by Gasteiger charge is -2.19. The summed E-state index contributed by atoms with van der Waals surface area (Å²) in [5, 5.41) is 5.11. The molecule has 0 bridgehead atoms. The molecule has 0 saturated carbocycles. The third kappa shape index (κ3) is 5.55. The second-order valence-electron chi connectivity index (χ2n) is 3.64. The molecule has 1 atom stereocenters. The molecule has 0 spiro atoms. The number of carbonyl (C=O) groups excluding carboxylic acids is 2. The van der Waals surface area contributed by atoms with Gasteiger partial charge in [-0.15, -0.1) is 0 Å². The Morgan fingerprint density at radius 2 is 1.88 bits per heavy atom. The maximum atomic E-state index is 11.4. The van der Waals surface area contributed by atoms with Crippen molar-refractivity contribution in [2.45, 2.75) is 19.9 Å². The van der Waals surface area contributed by atoms with Crippen molar-refractivity contribution < 1.29 is 19.1 Å². The molecule has 0 rings (SSSR count). The highest BCUT2D eigenvalue weighted by Gasteiger charge is 2.24. The first-order chi connectivity index (χ1) is 7.52. The van der Waals surface area contributed by atoms with Gasteiger partial charge in [-0.25, -0.2) is 9.59 Å². The van der Waals surface area contributed by atoms with Gasteiger partial charge in [0.15, 0.2) is 0 Å². The average molecular weight is 232 g/mol. The van der Waals surface area contributed by atoms with Gasteiger partial charge in [0.1, 0.15) is 6.04 Å². The molecule has 6 nitrogen and oxygen atoms in total. The molecular weight excluding hydrogens is 212 g/mol. The lowest BCUT2D eigenvalue weighted by Crippen LogP contribution is -2.49. The van der Waals surface area contributed by atoms with Crippen LogP contribution < -0.4 is 10.6 Å². The average Bonchev–Trinajstić information content (AvgIpc) is 2.25. The zero-order valence-corrected chi connectivity index (χ0v) is 10.2. The molecule has 0 fully saturated rings. The van der Waals surface area contributed by atoms with Gasteiger partial charge in [0.2, 0.25) is 0 Å². The van der Waals surface area contributed by atoms with E-state index in [1.54, 1.807) is 7.11 Å². The van der Waals surface area contributed by atoms with Gasteiger partial charge in [0.05, 0.1) is 13.7 Å². The maximum absolute atomic E-state index is 11.4. The van der Waals surface area contributed by atoms with E-state index in [-0.39, 0.29) is 5.92 Å². The third-order valence-corrected chi connectivity index (χ3v) is 2.00. The molecule has 2 N–H and O–H groups in total. The fraction of sp³-hybridized carbons (Fsp3) is 0.800. The molecule has 0 heterocycles. The predicted molar refractivity (Wildman–Crippen MR) is 59.1 cm³/mol. The van der Waals surface area contributed by atoms with E-state index in [0.717, 1.165) is 0 Å². The third-order valence-electron chi connectivity index (χ3n) is 2.00. The van der Waals surface area contributed by atoms with Crippen LogP contribution in [-0.2, 0) is 14.3 Å². The van der Waals surface area contributed by atoms with Crippen molar-refractivity contribution >= 4 is 12.0 Å². The number of ether oxygens (including phenoxy) is 2. The number of rotatable bonds is 6. The van der Waals surface area contributed by atoms with Crippen molar-refractivity contribution in [3.63, 3.8) is 0 Å². The molecule has 0 aliphatic heterocycles. The summed E-state index contributed by atoms with van der Waals surface area (Å²) in [6.07, 6.45) is 0. The van der Waals surface area contributed by atoms with Gasteiger partial charge in [-0.1, -0.05) is 13.8 Å². The Kier molecular flexibility index (Phi) is 7.28. The minimum absolute atomic E-state index is 0.0272. The lowest BCUT2D eigenvalue weighted by atomic mass is 10.1. The van der Waals surface area contributed by atoms with E-state index in [4.69, 9.17) is 4.74 Å². The van der Waals surface area contributed by atoms with Crippen LogP contribution in [0, 0.1) is 5.92 Å². The number of carbonyl (C=O) groups is 2. The Labute approximate surface area is 95.7 Å². The van der Waals surface area contributed by atoms with Crippen molar-refractivity contribution in [2.75, 3.05) is 27.4 Å². The molecule has 2 amide bonds. The molecule has 0 aromatic rings. The van der Waals surface area contributed by atoms with Gasteiger partial charge in [-0.2, -0.15) is 0 Å². The summed E-state index contributed by atoms with van der Waals surface area (Å²) in [5.74, 6) is -0.475. The fourth-order valence-electron chi connectivity index (χ4n) is 1.08. The fourth-order valence-corrected chi connectivity index (χ4v) is 1.08. The topological polar surface area (TPSA) is 76.7 Å². The van der Waals surface area contributed by atoms with E-state index < -0.39 is 18.0 Å². The SMILES string of the molecule is COCCNC(=O)NC(C(=O)OC)C(C)C. The van der Waals surface area contributed by atoms with Crippen LogP contribution in [0.3, 0.4) is 0 Å². The lowest BCUT2D eigenvalue weighted by molar-refractivity contribution is -0.143. The Hall–Kier alpha value is -1.30. The first kappa shape index (κ1) is 14.7. The quantitative estimate of drug-likeness (QED) is 0.504. The van der Waals surface area contributed by atoms with Crippen LogP contribution in [0.25, 0.3) is 0 Å². The van der Waals surface area contributed by atoms with Crippen LogP contribution in [0.15, 0.2) is 0 Å². The predicted octanol–water partition coefficient (Wildman–Crippen LogP) is 0.130. The molecule has 94 valence electrons. The van der Waals surface area contributed by atoms with E-state index in [1.807, 2.05) is 13.8 Å². The number of hydrogen-bond acceptors (Lipinski definition) is 4. The largest absolute Gasteiger partial charge is 0.467 e. The zero-order valence-electron chi connectivity index (χ0n) is 10.2. The Bertz CT molecular complexity index is 231. The molecule has 0 aromatic carbocycles. The highest BCUT2D eigenvalue weighted by atomic mass is 16.5. The number of hydrogen-bond donors (Lipinski definition) is 2. The second kappa shape index (κ2) is 7.92. The van der Waals surface area contributed by atoms with Crippen molar-refractivity contribution in [1.82, 2.24) is 10.6 Å². The standard InChI is InChI=1S/C10H20N2O4/c1-7(2)8(9(13)16-4)12-10(14)11-5-6-15-3/h7-8H,5-6H2,1-4H3,(H2,11,12,14). The number of esters is 1. The van der Waals surface area contributed by atoms with Crippen LogP contribution >= 0.6 is 0 Å². The van der Waals surface area contributed by atoms with E-state index in [0.29, 0.717) is 13.2 Å². The summed E-state index contributed by atoms with van der Waals surface area (Å²) < 4.78 is 9.37. The first-order valence-corrected chi connectivity index (χ1v) is 5.14. The first-order valence-electron chi connectivity index (χ1n) is 5.14. The van der Waals surface area contributed by atoms with Crippen molar-refractivity contribution in [2.24, 2.45) is 5.92 Å². The summed E-state index contributed by atoms with van der Waals surface area (Å²) in [7, 11) is 2.84.